The number of amides is 4. The molecule has 1 aliphatic heterocycles. The number of primary amides is 1. The van der Waals surface area contributed by atoms with Gasteiger partial charge in [0.05, 0.1) is 6.04 Å². The first-order chi connectivity index (χ1) is 19.8. The summed E-state index contributed by atoms with van der Waals surface area (Å²) in [4.78, 5) is 67.2. The van der Waals surface area contributed by atoms with Gasteiger partial charge in [-0.15, -0.1) is 0 Å². The largest absolute Gasteiger partial charge is 0.446 e. The van der Waals surface area contributed by atoms with Crippen molar-refractivity contribution in [2.75, 3.05) is 6.54 Å². The Morgan fingerprint density at radius 2 is 1.64 bits per heavy atom. The highest BCUT2D eigenvalue weighted by atomic mass is 16.6. The number of carbonyl (C=O) groups is 5. The van der Waals surface area contributed by atoms with Crippen molar-refractivity contribution in [3.05, 3.63) is 35.4 Å². The lowest BCUT2D eigenvalue weighted by molar-refractivity contribution is -0.144. The topological polar surface area (TPSA) is 148 Å². The molecule has 3 aliphatic carbocycles. The minimum absolute atomic E-state index is 0.0963. The highest BCUT2D eigenvalue weighted by molar-refractivity contribution is 6.37. The van der Waals surface area contributed by atoms with E-state index in [4.69, 9.17) is 10.5 Å². The molecule has 1 saturated heterocycles. The number of hydrogen-bond donors (Lipinski definition) is 3. The van der Waals surface area contributed by atoms with Gasteiger partial charge >= 0.3 is 6.09 Å². The van der Waals surface area contributed by atoms with E-state index in [1.165, 1.54) is 0 Å². The minimum Gasteiger partial charge on any atom is -0.446 e. The van der Waals surface area contributed by atoms with Crippen LogP contribution in [0, 0.1) is 35.0 Å². The van der Waals surface area contributed by atoms with Gasteiger partial charge in [0, 0.05) is 6.54 Å². The number of Topliss-reactive ketones (excluding diaryl/α,β-unsaturated/α-hetero) is 1. The van der Waals surface area contributed by atoms with Gasteiger partial charge in [-0.25, -0.2) is 4.79 Å². The number of benzene rings is 1. The number of carbonyl (C=O) groups excluding carboxylic acids is 5. The van der Waals surface area contributed by atoms with E-state index >= 15 is 0 Å². The second kappa shape index (κ2) is 11.3. The van der Waals surface area contributed by atoms with E-state index in [1.807, 2.05) is 45.0 Å². The van der Waals surface area contributed by atoms with Crippen LogP contribution in [0.4, 0.5) is 4.79 Å². The van der Waals surface area contributed by atoms with Crippen LogP contribution in [0.5, 0.6) is 0 Å². The zero-order valence-electron chi connectivity index (χ0n) is 25.2. The summed E-state index contributed by atoms with van der Waals surface area (Å²) in [6, 6.07) is 5.28. The van der Waals surface area contributed by atoms with E-state index in [2.05, 4.69) is 24.5 Å². The van der Waals surface area contributed by atoms with Crippen LogP contribution in [-0.4, -0.2) is 65.3 Å². The predicted octanol–water partition coefficient (Wildman–Crippen LogP) is 2.36. The summed E-state index contributed by atoms with van der Waals surface area (Å²) in [6.45, 7) is 10.3. The first-order valence-corrected chi connectivity index (χ1v) is 15.3. The van der Waals surface area contributed by atoms with Gasteiger partial charge in [0.2, 0.25) is 17.6 Å². The smallest absolute Gasteiger partial charge is 0.408 e. The molecule has 3 fully saturated rings. The average molecular weight is 581 g/mol. The molecule has 5 rings (SSSR count). The van der Waals surface area contributed by atoms with Crippen LogP contribution in [0.1, 0.15) is 65.0 Å². The minimum atomic E-state index is -1.08. The van der Waals surface area contributed by atoms with E-state index in [9.17, 15) is 24.0 Å². The van der Waals surface area contributed by atoms with Gasteiger partial charge in [-0.2, -0.15) is 0 Å². The normalized spacial score (nSPS) is 26.0. The van der Waals surface area contributed by atoms with Crippen LogP contribution in [0.2, 0.25) is 0 Å². The maximum Gasteiger partial charge on any atom is 0.408 e. The third-order valence-electron chi connectivity index (χ3n) is 10.2. The van der Waals surface area contributed by atoms with E-state index in [1.54, 1.807) is 4.90 Å². The summed E-state index contributed by atoms with van der Waals surface area (Å²) in [5.74, 6) is -2.50. The van der Waals surface area contributed by atoms with Crippen LogP contribution < -0.4 is 16.4 Å². The fourth-order valence-corrected chi connectivity index (χ4v) is 7.01. The number of piperidine rings is 1. The first kappa shape index (κ1) is 30.0. The maximum atomic E-state index is 14.4. The predicted molar refractivity (Wildman–Crippen MR) is 155 cm³/mol. The molecular weight excluding hydrogens is 536 g/mol. The monoisotopic (exact) mass is 580 g/mol. The van der Waals surface area contributed by atoms with Crippen molar-refractivity contribution in [1.29, 1.82) is 0 Å². The Labute approximate surface area is 247 Å². The summed E-state index contributed by atoms with van der Waals surface area (Å²) < 4.78 is 5.59. The number of nitrogens with one attached hydrogen (secondary N) is 2. The molecule has 4 amide bonds. The number of nitrogens with two attached hydrogens (primary N) is 1. The van der Waals surface area contributed by atoms with E-state index in [0.29, 0.717) is 25.8 Å². The van der Waals surface area contributed by atoms with Crippen LogP contribution in [0.25, 0.3) is 0 Å². The highest BCUT2D eigenvalue weighted by Gasteiger charge is 2.69. The summed E-state index contributed by atoms with van der Waals surface area (Å²) in [5.41, 5.74) is 7.42. The highest BCUT2D eigenvalue weighted by Crippen LogP contribution is 2.65. The van der Waals surface area contributed by atoms with Crippen molar-refractivity contribution in [2.45, 2.75) is 91.0 Å². The van der Waals surface area contributed by atoms with Crippen molar-refractivity contribution in [2.24, 2.45) is 40.7 Å². The number of likely N-dealkylation sites (tertiary alicyclic amines) is 1. The lowest BCUT2D eigenvalue weighted by Gasteiger charge is -2.35. The van der Waals surface area contributed by atoms with Gasteiger partial charge < -0.3 is 26.0 Å². The summed E-state index contributed by atoms with van der Waals surface area (Å²) in [5, 5.41) is 5.67. The van der Waals surface area contributed by atoms with E-state index in [-0.39, 0.29) is 47.0 Å². The number of alkyl carbamates (subject to hydrolysis) is 1. The van der Waals surface area contributed by atoms with E-state index < -0.39 is 41.8 Å². The third-order valence-corrected chi connectivity index (χ3v) is 10.2. The molecule has 228 valence electrons. The Morgan fingerprint density at radius 3 is 2.19 bits per heavy atom. The summed E-state index contributed by atoms with van der Waals surface area (Å²) in [7, 11) is 0. The molecule has 1 aromatic carbocycles. The molecule has 1 heterocycles. The maximum absolute atomic E-state index is 14.4. The van der Waals surface area contributed by atoms with E-state index in [0.717, 1.165) is 24.0 Å². The van der Waals surface area contributed by atoms with Crippen molar-refractivity contribution in [3.8, 4) is 0 Å². The Balaban J connectivity index is 1.39. The Morgan fingerprint density at radius 1 is 1.02 bits per heavy atom. The molecule has 4 aliphatic rings. The molecule has 10 heteroatoms. The van der Waals surface area contributed by atoms with Gasteiger partial charge in [0.25, 0.3) is 5.91 Å². The number of rotatable bonds is 11. The number of fused-ring (bicyclic) bond motifs is 2. The van der Waals surface area contributed by atoms with Crippen LogP contribution >= 0.6 is 0 Å². The second-order valence-corrected chi connectivity index (χ2v) is 13.8. The van der Waals surface area contributed by atoms with Gasteiger partial charge in [-0.3, -0.25) is 19.2 Å². The van der Waals surface area contributed by atoms with Crippen LogP contribution in [0.3, 0.4) is 0 Å². The standard InChI is InChI=1S/C32H44N4O6/c1-16(2)17(3)42-31(41)35-25(21-13-19-8-6-7-9-20(19)14-21)30(40)36-15-22-24(32(22,4)5)26(36)29(39)34-23(12-18-10-11-18)27(37)28(33)38/h6-9,16-18,21-26H,10-15H2,1-5H3,(H2,33,38)(H,34,39)(H,35,41)/t17-,22?,23?,24+,25+,26+/m1/s1. The molecule has 6 atom stereocenters. The van der Waals surface area contributed by atoms with Crippen molar-refractivity contribution in [1.82, 2.24) is 15.5 Å². The number of hydrogen-bond acceptors (Lipinski definition) is 6. The van der Waals surface area contributed by atoms with Gasteiger partial charge in [-0.05, 0) is 72.3 Å². The molecule has 4 N–H and O–H groups in total. The van der Waals surface area contributed by atoms with Gasteiger partial charge in [0.15, 0.2) is 0 Å². The Bertz CT molecular complexity index is 1250. The van der Waals surface area contributed by atoms with Crippen molar-refractivity contribution in [3.63, 3.8) is 0 Å². The quantitative estimate of drug-likeness (QED) is 0.342. The van der Waals surface area contributed by atoms with Crippen molar-refractivity contribution >= 4 is 29.6 Å². The Kier molecular flexibility index (Phi) is 8.11. The molecule has 42 heavy (non-hydrogen) atoms. The zero-order valence-corrected chi connectivity index (χ0v) is 25.2. The fourth-order valence-electron chi connectivity index (χ4n) is 7.01. The molecule has 2 saturated carbocycles. The molecule has 0 radical (unpaired) electrons. The summed E-state index contributed by atoms with van der Waals surface area (Å²) in [6.07, 6.45) is 2.47. The van der Waals surface area contributed by atoms with Crippen LogP contribution in [-0.2, 0) is 36.8 Å². The third kappa shape index (κ3) is 5.90. The summed E-state index contributed by atoms with van der Waals surface area (Å²) >= 11 is 0. The van der Waals surface area contributed by atoms with Crippen molar-refractivity contribution < 1.29 is 28.7 Å². The van der Waals surface area contributed by atoms with Gasteiger partial charge in [-0.1, -0.05) is 64.8 Å². The fraction of sp³-hybridized carbons (Fsp3) is 0.656. The number of ether oxygens (including phenoxy) is 1. The molecule has 0 bridgehead atoms. The Hall–Kier alpha value is -3.43. The molecule has 1 aromatic rings. The molecule has 0 spiro atoms. The second-order valence-electron chi connectivity index (χ2n) is 13.8. The van der Waals surface area contributed by atoms with Crippen LogP contribution in [0.15, 0.2) is 24.3 Å². The van der Waals surface area contributed by atoms with Gasteiger partial charge in [0.1, 0.15) is 18.2 Å². The molecule has 0 aromatic heterocycles. The number of nitrogens with zero attached hydrogens (tertiary/aromatic N) is 1. The first-order valence-electron chi connectivity index (χ1n) is 15.3. The lowest BCUT2D eigenvalue weighted by Crippen LogP contribution is -2.59. The zero-order chi connectivity index (χ0) is 30.5. The molecule has 10 nitrogen and oxygen atoms in total. The average Bonchev–Trinajstić information content (AvgIpc) is 3.68. The number of ketones is 1. The molecular formula is C32H44N4O6. The molecule has 2 unspecified atom stereocenters. The SMILES string of the molecule is CC(C)[C@@H](C)OC(=O)N[C@H](C(=O)N1CC2[C@@H]([C@H]1C(=O)NC(CC1CC1)C(=O)C(N)=O)C2(C)C)C1Cc2ccccc2C1. The lowest BCUT2D eigenvalue weighted by atomic mass is 9.93.